The van der Waals surface area contributed by atoms with Gasteiger partial charge in [-0.1, -0.05) is 36.4 Å². The molecular weight excluding hydrogens is 342 g/mol. The van der Waals surface area contributed by atoms with Gasteiger partial charge >= 0.3 is 0 Å². The minimum absolute atomic E-state index is 0.0617. The molecule has 0 heterocycles. The van der Waals surface area contributed by atoms with Crippen LogP contribution in [0.3, 0.4) is 0 Å². The van der Waals surface area contributed by atoms with Crippen LogP contribution in [0.2, 0.25) is 0 Å². The zero-order valence-electron chi connectivity index (χ0n) is 15.3. The molecule has 0 fully saturated rings. The summed E-state index contributed by atoms with van der Waals surface area (Å²) < 4.78 is 16.3. The normalized spacial score (nSPS) is 10.6. The molecule has 3 aromatic rings. The molecule has 5 nitrogen and oxygen atoms in total. The Hall–Kier alpha value is -3.05. The summed E-state index contributed by atoms with van der Waals surface area (Å²) in [5.41, 5.74) is 0.778. The minimum Gasteiger partial charge on any atom is -0.491 e. The van der Waals surface area contributed by atoms with Crippen LogP contribution in [0.25, 0.3) is 10.8 Å². The summed E-state index contributed by atoms with van der Waals surface area (Å²) in [6.07, 6.45) is 0. The lowest BCUT2D eigenvalue weighted by molar-refractivity contribution is -0.118. The topological polar surface area (TPSA) is 56.8 Å². The lowest BCUT2D eigenvalue weighted by Gasteiger charge is -2.10. The smallest absolute Gasteiger partial charge is 0.262 e. The Bertz CT molecular complexity index is 872. The molecule has 5 heteroatoms. The zero-order chi connectivity index (χ0) is 18.9. The first kappa shape index (κ1) is 18.7. The van der Waals surface area contributed by atoms with Crippen LogP contribution in [0.4, 0.5) is 5.69 Å². The van der Waals surface area contributed by atoms with E-state index in [0.717, 1.165) is 22.2 Å². The molecule has 0 bridgehead atoms. The van der Waals surface area contributed by atoms with Crippen molar-refractivity contribution in [2.75, 3.05) is 31.7 Å². The van der Waals surface area contributed by atoms with E-state index < -0.39 is 0 Å². The molecule has 1 amide bonds. The van der Waals surface area contributed by atoms with E-state index in [4.69, 9.17) is 14.2 Å². The highest BCUT2D eigenvalue weighted by molar-refractivity contribution is 6.02. The summed E-state index contributed by atoms with van der Waals surface area (Å²) >= 11 is 0. The van der Waals surface area contributed by atoms with Gasteiger partial charge in [-0.25, -0.2) is 0 Å². The van der Waals surface area contributed by atoms with Crippen LogP contribution in [-0.4, -0.2) is 32.3 Å². The summed E-state index contributed by atoms with van der Waals surface area (Å²) in [4.78, 5) is 12.2. The minimum atomic E-state index is -0.205. The highest BCUT2D eigenvalue weighted by Gasteiger charge is 2.07. The molecular formula is C22H23NO4. The van der Waals surface area contributed by atoms with Crippen molar-refractivity contribution >= 4 is 22.4 Å². The number of fused-ring (bicyclic) bond motifs is 1. The number of anilines is 1. The maximum Gasteiger partial charge on any atom is 0.262 e. The van der Waals surface area contributed by atoms with Gasteiger partial charge in [0.05, 0.1) is 6.61 Å². The molecule has 0 saturated heterocycles. The van der Waals surface area contributed by atoms with Gasteiger partial charge in [-0.2, -0.15) is 0 Å². The number of carbonyl (C=O) groups excluding carboxylic acids is 1. The molecule has 0 aliphatic heterocycles. The Labute approximate surface area is 158 Å². The van der Waals surface area contributed by atoms with Crippen molar-refractivity contribution in [2.45, 2.75) is 6.92 Å². The van der Waals surface area contributed by atoms with E-state index in [1.807, 2.05) is 61.5 Å². The quantitative estimate of drug-likeness (QED) is 0.575. The van der Waals surface area contributed by atoms with Crippen molar-refractivity contribution in [2.24, 2.45) is 0 Å². The first-order valence-corrected chi connectivity index (χ1v) is 8.97. The fourth-order valence-corrected chi connectivity index (χ4v) is 2.66. The van der Waals surface area contributed by atoms with Crippen molar-refractivity contribution in [1.29, 1.82) is 0 Å². The third-order valence-corrected chi connectivity index (χ3v) is 3.96. The Balaban J connectivity index is 1.50. The number of ether oxygens (including phenoxy) is 3. The molecule has 0 saturated carbocycles. The van der Waals surface area contributed by atoms with Gasteiger partial charge in [-0.15, -0.1) is 0 Å². The van der Waals surface area contributed by atoms with Crippen molar-refractivity contribution in [3.63, 3.8) is 0 Å². The molecule has 0 aliphatic rings. The van der Waals surface area contributed by atoms with Crippen LogP contribution in [0.1, 0.15) is 6.92 Å². The fourth-order valence-electron chi connectivity index (χ4n) is 2.66. The number of benzene rings is 3. The standard InChI is InChI=1S/C22H23NO4/c1-2-25-14-15-26-18-10-12-19(13-11-18)27-16-22(24)23-21-9-5-7-17-6-3-4-8-20(17)21/h3-13H,2,14-16H2,1H3,(H,23,24). The Morgan fingerprint density at radius 1 is 0.852 bits per heavy atom. The molecule has 0 unspecified atom stereocenters. The predicted octanol–water partition coefficient (Wildman–Crippen LogP) is 4.27. The van der Waals surface area contributed by atoms with Gasteiger partial charge in [0.2, 0.25) is 0 Å². The van der Waals surface area contributed by atoms with E-state index in [2.05, 4.69) is 5.32 Å². The van der Waals surface area contributed by atoms with Crippen LogP contribution in [0.5, 0.6) is 11.5 Å². The van der Waals surface area contributed by atoms with E-state index in [1.165, 1.54) is 0 Å². The Kier molecular flexibility index (Phi) is 6.66. The summed E-state index contributed by atoms with van der Waals surface area (Å²) in [5.74, 6) is 1.14. The monoisotopic (exact) mass is 365 g/mol. The Morgan fingerprint density at radius 3 is 2.33 bits per heavy atom. The number of nitrogens with one attached hydrogen (secondary N) is 1. The van der Waals surface area contributed by atoms with Gasteiger partial charge in [0.15, 0.2) is 6.61 Å². The molecule has 0 spiro atoms. The van der Waals surface area contributed by atoms with E-state index in [0.29, 0.717) is 25.6 Å². The van der Waals surface area contributed by atoms with Crippen molar-refractivity contribution in [1.82, 2.24) is 0 Å². The summed E-state index contributed by atoms with van der Waals surface area (Å²) in [7, 11) is 0. The second-order valence-electron chi connectivity index (χ2n) is 5.88. The number of carbonyl (C=O) groups is 1. The lowest BCUT2D eigenvalue weighted by Crippen LogP contribution is -2.20. The molecule has 3 aromatic carbocycles. The van der Waals surface area contributed by atoms with E-state index in [9.17, 15) is 4.79 Å². The lowest BCUT2D eigenvalue weighted by atomic mass is 10.1. The van der Waals surface area contributed by atoms with E-state index in [1.54, 1.807) is 12.1 Å². The second-order valence-corrected chi connectivity index (χ2v) is 5.88. The van der Waals surface area contributed by atoms with Crippen LogP contribution >= 0.6 is 0 Å². The van der Waals surface area contributed by atoms with Gasteiger partial charge in [0, 0.05) is 17.7 Å². The van der Waals surface area contributed by atoms with Crippen LogP contribution < -0.4 is 14.8 Å². The maximum absolute atomic E-state index is 12.2. The van der Waals surface area contributed by atoms with Gasteiger partial charge < -0.3 is 19.5 Å². The molecule has 1 N–H and O–H groups in total. The molecule has 140 valence electrons. The maximum atomic E-state index is 12.2. The molecule has 3 rings (SSSR count). The highest BCUT2D eigenvalue weighted by Crippen LogP contribution is 2.23. The first-order valence-electron chi connectivity index (χ1n) is 8.97. The van der Waals surface area contributed by atoms with E-state index >= 15 is 0 Å². The fraction of sp³-hybridized carbons (Fsp3) is 0.227. The average Bonchev–Trinajstić information content (AvgIpc) is 2.71. The van der Waals surface area contributed by atoms with Crippen LogP contribution in [0, 0.1) is 0 Å². The van der Waals surface area contributed by atoms with Crippen LogP contribution in [0.15, 0.2) is 66.7 Å². The third-order valence-electron chi connectivity index (χ3n) is 3.96. The van der Waals surface area contributed by atoms with E-state index in [-0.39, 0.29) is 12.5 Å². The van der Waals surface area contributed by atoms with Gasteiger partial charge in [0.1, 0.15) is 18.1 Å². The molecule has 0 aromatic heterocycles. The number of hydrogen-bond donors (Lipinski definition) is 1. The third kappa shape index (κ3) is 5.46. The summed E-state index contributed by atoms with van der Waals surface area (Å²) in [5, 5.41) is 4.99. The largest absolute Gasteiger partial charge is 0.491 e. The molecule has 27 heavy (non-hydrogen) atoms. The van der Waals surface area contributed by atoms with Crippen molar-refractivity contribution in [3.8, 4) is 11.5 Å². The second kappa shape index (κ2) is 9.59. The average molecular weight is 365 g/mol. The molecule has 0 radical (unpaired) electrons. The zero-order valence-corrected chi connectivity index (χ0v) is 15.3. The highest BCUT2D eigenvalue weighted by atomic mass is 16.5. The first-order chi connectivity index (χ1) is 13.3. The van der Waals surface area contributed by atoms with Gasteiger partial charge in [0.25, 0.3) is 5.91 Å². The van der Waals surface area contributed by atoms with Crippen molar-refractivity contribution < 1.29 is 19.0 Å². The predicted molar refractivity (Wildman–Crippen MR) is 107 cm³/mol. The van der Waals surface area contributed by atoms with Gasteiger partial charge in [-0.3, -0.25) is 4.79 Å². The molecule has 0 aliphatic carbocycles. The number of hydrogen-bond acceptors (Lipinski definition) is 4. The van der Waals surface area contributed by atoms with Crippen molar-refractivity contribution in [3.05, 3.63) is 66.7 Å². The number of rotatable bonds is 9. The summed E-state index contributed by atoms with van der Waals surface area (Å²) in [6, 6.07) is 20.9. The SMILES string of the molecule is CCOCCOc1ccc(OCC(=O)Nc2cccc3ccccc23)cc1. The van der Waals surface area contributed by atoms with Crippen LogP contribution in [-0.2, 0) is 9.53 Å². The Morgan fingerprint density at radius 2 is 1.56 bits per heavy atom. The summed E-state index contributed by atoms with van der Waals surface area (Å²) in [6.45, 7) is 3.62. The number of amides is 1. The molecule has 0 atom stereocenters. The van der Waals surface area contributed by atoms with Gasteiger partial charge in [-0.05, 0) is 42.6 Å².